The molecule has 0 aliphatic rings. The third-order valence-electron chi connectivity index (χ3n) is 4.48. The third kappa shape index (κ3) is 5.61. The quantitative estimate of drug-likeness (QED) is 0.433. The summed E-state index contributed by atoms with van der Waals surface area (Å²) in [5.41, 5.74) is 0. The summed E-state index contributed by atoms with van der Waals surface area (Å²) >= 11 is 0. The van der Waals surface area contributed by atoms with Crippen molar-refractivity contribution in [1.82, 2.24) is 0 Å². The Morgan fingerprint density at radius 1 is 0.517 bits per heavy atom. The Hall–Kier alpha value is -2.79. The predicted octanol–water partition coefficient (Wildman–Crippen LogP) is 5.10. The second-order valence-electron chi connectivity index (χ2n) is 6.56. The molecule has 4 aromatic carbocycles. The van der Waals surface area contributed by atoms with Gasteiger partial charge in [-0.25, -0.2) is 0 Å². The summed E-state index contributed by atoms with van der Waals surface area (Å²) in [7, 11) is -3.82. The predicted molar refractivity (Wildman–Crippen MR) is 125 cm³/mol. The fourth-order valence-corrected chi connectivity index (χ4v) is 5.81. The fraction of sp³-hybridized carbons (Fsp3) is 0.0400. The van der Waals surface area contributed by atoms with E-state index >= 15 is 0 Å². The molecule has 0 amide bonds. The molecule has 0 saturated heterocycles. The number of hydrogen-bond donors (Lipinski definition) is 0. The van der Waals surface area contributed by atoms with Crippen molar-refractivity contribution < 1.29 is 9.13 Å². The van der Waals surface area contributed by atoms with E-state index in [1.165, 1.54) is 0 Å². The Kier molecular flexibility index (Phi) is 7.30. The van der Waals surface area contributed by atoms with Crippen LogP contribution in [0.4, 0.5) is 0 Å². The van der Waals surface area contributed by atoms with Crippen LogP contribution >= 0.6 is 14.9 Å². The zero-order valence-corrected chi connectivity index (χ0v) is 18.0. The minimum absolute atomic E-state index is 0.883. The van der Waals surface area contributed by atoms with Crippen LogP contribution in [-0.2, 0) is 9.13 Å². The van der Waals surface area contributed by atoms with Crippen LogP contribution in [-0.4, -0.2) is 6.66 Å². The molecule has 0 spiro atoms. The van der Waals surface area contributed by atoms with Crippen molar-refractivity contribution in [1.29, 1.82) is 0 Å². The van der Waals surface area contributed by atoms with Gasteiger partial charge in [-0.1, -0.05) is 102 Å². The molecule has 0 saturated carbocycles. The van der Waals surface area contributed by atoms with E-state index in [-0.39, 0.29) is 0 Å². The van der Waals surface area contributed by atoms with Crippen molar-refractivity contribution in [3.05, 3.63) is 121 Å². The van der Waals surface area contributed by atoms with Crippen molar-refractivity contribution in [3.8, 4) is 0 Å². The maximum atomic E-state index is 12.6. The summed E-state index contributed by atoms with van der Waals surface area (Å²) in [5.74, 6) is 0. The van der Waals surface area contributed by atoms with Crippen LogP contribution in [0.3, 0.4) is 0 Å². The molecule has 0 unspecified atom stereocenters. The van der Waals surface area contributed by atoms with Gasteiger partial charge in [0.25, 0.3) is 0 Å². The van der Waals surface area contributed by atoms with Crippen molar-refractivity contribution in [2.75, 3.05) is 6.66 Å². The fourth-order valence-electron chi connectivity index (χ4n) is 2.85. The van der Waals surface area contributed by atoms with E-state index in [0.717, 1.165) is 21.2 Å². The molecule has 2 nitrogen and oxygen atoms in total. The van der Waals surface area contributed by atoms with Crippen molar-refractivity contribution in [2.24, 2.45) is 0 Å². The molecule has 4 aromatic rings. The SMILES string of the molecule is CP(=O)(c1ccccc1)c1ccccc1.O=[P+](c1ccccc1)c1ccccc1. The van der Waals surface area contributed by atoms with Gasteiger partial charge in [-0.05, 0) is 30.9 Å². The van der Waals surface area contributed by atoms with Crippen molar-refractivity contribution in [3.63, 3.8) is 0 Å². The van der Waals surface area contributed by atoms with Gasteiger partial charge in [0.2, 0.25) is 0 Å². The van der Waals surface area contributed by atoms with E-state index in [1.807, 2.05) is 128 Å². The largest absolute Gasteiger partial charge is 0.415 e. The van der Waals surface area contributed by atoms with Gasteiger partial charge in [-0.15, -0.1) is 0 Å². The summed E-state index contributed by atoms with van der Waals surface area (Å²) in [5, 5.41) is 3.59. The normalized spacial score (nSPS) is 10.5. The minimum atomic E-state index is -2.40. The van der Waals surface area contributed by atoms with Crippen LogP contribution in [0, 0.1) is 0 Å². The van der Waals surface area contributed by atoms with E-state index in [9.17, 15) is 9.13 Å². The Balaban J connectivity index is 0.000000166. The van der Waals surface area contributed by atoms with Crippen LogP contribution in [0.1, 0.15) is 0 Å². The monoisotopic (exact) mass is 417 g/mol. The third-order valence-corrected chi connectivity index (χ3v) is 8.58. The van der Waals surface area contributed by atoms with Gasteiger partial charge < -0.3 is 4.57 Å². The first kappa shape index (κ1) is 20.9. The summed E-state index contributed by atoms with van der Waals surface area (Å²) in [6.07, 6.45) is 0. The standard InChI is InChI=1S/C13H13OP.C12H10OP/c1-15(14,12-8-4-2-5-9-12)13-10-6-3-7-11-13;13-14(11-7-3-1-4-8-11)12-9-5-2-6-10-12/h2-11H,1H3;1-10H/q;+1. The highest BCUT2D eigenvalue weighted by atomic mass is 31.2. The van der Waals surface area contributed by atoms with Gasteiger partial charge in [0.1, 0.15) is 7.14 Å². The molecule has 0 aromatic heterocycles. The molecule has 0 N–H and O–H groups in total. The molecule has 0 bridgehead atoms. The van der Waals surface area contributed by atoms with Crippen molar-refractivity contribution >= 4 is 36.2 Å². The van der Waals surface area contributed by atoms with Crippen LogP contribution in [0.2, 0.25) is 0 Å². The lowest BCUT2D eigenvalue weighted by atomic mass is 10.4. The van der Waals surface area contributed by atoms with Gasteiger partial charge in [0.05, 0.1) is 0 Å². The average Bonchev–Trinajstić information content (AvgIpc) is 2.81. The minimum Gasteiger partial charge on any atom is -0.314 e. The Labute approximate surface area is 173 Å². The molecule has 29 heavy (non-hydrogen) atoms. The van der Waals surface area contributed by atoms with E-state index in [2.05, 4.69) is 0 Å². The van der Waals surface area contributed by atoms with Crippen LogP contribution in [0.5, 0.6) is 0 Å². The highest BCUT2D eigenvalue weighted by molar-refractivity contribution is 7.78. The maximum Gasteiger partial charge on any atom is 0.415 e. The van der Waals surface area contributed by atoms with Gasteiger partial charge >= 0.3 is 7.80 Å². The molecule has 144 valence electrons. The van der Waals surface area contributed by atoms with Gasteiger partial charge in [-0.3, -0.25) is 0 Å². The Morgan fingerprint density at radius 2 is 0.793 bits per heavy atom. The second-order valence-corrected chi connectivity index (χ2v) is 11.1. The first-order chi connectivity index (χ1) is 14.1. The molecule has 0 fully saturated rings. The summed E-state index contributed by atoms with van der Waals surface area (Å²) < 4.78 is 24.6. The highest BCUT2D eigenvalue weighted by Crippen LogP contribution is 2.38. The summed E-state index contributed by atoms with van der Waals surface area (Å²) in [6.45, 7) is 1.82. The van der Waals surface area contributed by atoms with Gasteiger partial charge in [-0.2, -0.15) is 0 Å². The Bertz CT molecular complexity index is 996. The smallest absolute Gasteiger partial charge is 0.314 e. The van der Waals surface area contributed by atoms with Crippen LogP contribution in [0.15, 0.2) is 121 Å². The van der Waals surface area contributed by atoms with E-state index in [0.29, 0.717) is 0 Å². The topological polar surface area (TPSA) is 34.1 Å². The van der Waals surface area contributed by atoms with E-state index in [4.69, 9.17) is 0 Å². The zero-order chi connectivity index (χ0) is 20.5. The molecule has 0 radical (unpaired) electrons. The number of benzene rings is 4. The number of hydrogen-bond acceptors (Lipinski definition) is 2. The lowest BCUT2D eigenvalue weighted by Crippen LogP contribution is -2.14. The molecule has 4 rings (SSSR count). The molecule has 0 aliphatic heterocycles. The molecule has 0 atom stereocenters. The molecular weight excluding hydrogens is 394 g/mol. The summed E-state index contributed by atoms with van der Waals surface area (Å²) in [6, 6.07) is 38.3. The Morgan fingerprint density at radius 3 is 1.10 bits per heavy atom. The molecule has 0 heterocycles. The van der Waals surface area contributed by atoms with Crippen LogP contribution < -0.4 is 21.2 Å². The molecular formula is C25H23O2P2+. The molecule has 0 aliphatic carbocycles. The van der Waals surface area contributed by atoms with Gasteiger partial charge in [0, 0.05) is 10.6 Å². The first-order valence-corrected chi connectivity index (χ1v) is 12.8. The van der Waals surface area contributed by atoms with Gasteiger partial charge in [0.15, 0.2) is 10.6 Å². The second kappa shape index (κ2) is 10.1. The molecule has 4 heteroatoms. The first-order valence-electron chi connectivity index (χ1n) is 9.35. The van der Waals surface area contributed by atoms with Crippen LogP contribution in [0.25, 0.3) is 0 Å². The van der Waals surface area contributed by atoms with Crippen molar-refractivity contribution in [2.45, 2.75) is 0 Å². The highest BCUT2D eigenvalue weighted by Gasteiger charge is 2.21. The lowest BCUT2D eigenvalue weighted by Gasteiger charge is -2.13. The maximum absolute atomic E-state index is 12.6. The lowest BCUT2D eigenvalue weighted by molar-refractivity contribution is 0.590. The van der Waals surface area contributed by atoms with E-state index < -0.39 is 14.9 Å². The summed E-state index contributed by atoms with van der Waals surface area (Å²) in [4.78, 5) is 0. The number of rotatable bonds is 4. The zero-order valence-electron chi connectivity index (χ0n) is 16.3. The van der Waals surface area contributed by atoms with E-state index in [1.54, 1.807) is 0 Å². The average molecular weight is 417 g/mol.